The molecule has 6 nitrogen and oxygen atoms in total. The lowest BCUT2D eigenvalue weighted by Crippen LogP contribution is -2.46. The van der Waals surface area contributed by atoms with Crippen LogP contribution in [-0.4, -0.2) is 31.1 Å². The van der Waals surface area contributed by atoms with Crippen LogP contribution in [0.1, 0.15) is 27.7 Å². The molecule has 0 fully saturated rings. The third-order valence-electron chi connectivity index (χ3n) is 4.43. The van der Waals surface area contributed by atoms with E-state index in [-0.39, 0.29) is 11.8 Å². The Balaban J connectivity index is 1.78. The highest BCUT2D eigenvalue weighted by atomic mass is 16.5. The van der Waals surface area contributed by atoms with Gasteiger partial charge in [-0.1, -0.05) is 39.0 Å². The summed E-state index contributed by atoms with van der Waals surface area (Å²) in [6.07, 6.45) is -0.570. The monoisotopic (exact) mass is 382 g/mol. The van der Waals surface area contributed by atoms with E-state index in [1.165, 1.54) is 0 Å². The molecule has 3 rings (SSSR count). The molecule has 0 spiro atoms. The zero-order valence-electron chi connectivity index (χ0n) is 16.7. The van der Waals surface area contributed by atoms with Crippen LogP contribution < -0.4 is 19.7 Å². The third kappa shape index (κ3) is 4.44. The number of nitrogens with zero attached hydrogens (tertiary/aromatic N) is 1. The van der Waals surface area contributed by atoms with Crippen molar-refractivity contribution < 1.29 is 19.1 Å². The highest BCUT2D eigenvalue weighted by Crippen LogP contribution is 2.36. The molecule has 0 saturated carbocycles. The summed E-state index contributed by atoms with van der Waals surface area (Å²) in [6.45, 7) is 8.00. The van der Waals surface area contributed by atoms with E-state index in [1.54, 1.807) is 30.0 Å². The molecule has 1 aliphatic heterocycles. The summed E-state index contributed by atoms with van der Waals surface area (Å²) in [5, 5.41) is 2.90. The molecule has 0 bridgehead atoms. The first-order valence-corrected chi connectivity index (χ1v) is 9.37. The van der Waals surface area contributed by atoms with Gasteiger partial charge in [0.2, 0.25) is 5.91 Å². The number of amides is 2. The average molecular weight is 382 g/mol. The van der Waals surface area contributed by atoms with Crippen molar-refractivity contribution in [2.75, 3.05) is 23.4 Å². The van der Waals surface area contributed by atoms with Crippen molar-refractivity contribution in [3.05, 3.63) is 48.5 Å². The van der Waals surface area contributed by atoms with E-state index in [0.717, 1.165) is 5.75 Å². The maximum Gasteiger partial charge on any atom is 0.267 e. The number of nitrogens with one attached hydrogen (secondary N) is 1. The second-order valence-corrected chi connectivity index (χ2v) is 7.80. The Morgan fingerprint density at radius 2 is 1.89 bits per heavy atom. The lowest BCUT2D eigenvalue weighted by molar-refractivity contribution is -0.125. The quantitative estimate of drug-likeness (QED) is 0.853. The van der Waals surface area contributed by atoms with Gasteiger partial charge in [0, 0.05) is 11.1 Å². The van der Waals surface area contributed by atoms with Crippen molar-refractivity contribution in [2.45, 2.75) is 33.8 Å². The second kappa shape index (κ2) is 7.92. The Hall–Kier alpha value is -3.02. The Bertz CT molecular complexity index is 859. The number of fused-ring (bicyclic) bond motifs is 1. The number of benzene rings is 2. The fourth-order valence-electron chi connectivity index (χ4n) is 2.81. The summed E-state index contributed by atoms with van der Waals surface area (Å²) in [4.78, 5) is 26.6. The molecule has 6 heteroatoms. The molecule has 1 heterocycles. The predicted octanol–water partition coefficient (Wildman–Crippen LogP) is 3.86. The summed E-state index contributed by atoms with van der Waals surface area (Å²) >= 11 is 0. The van der Waals surface area contributed by atoms with Gasteiger partial charge in [-0.3, -0.25) is 9.59 Å². The van der Waals surface area contributed by atoms with Crippen LogP contribution in [0, 0.1) is 5.41 Å². The zero-order chi connectivity index (χ0) is 20.3. The van der Waals surface area contributed by atoms with E-state index in [2.05, 4.69) is 5.32 Å². The Morgan fingerprint density at radius 3 is 2.57 bits per heavy atom. The van der Waals surface area contributed by atoms with Crippen molar-refractivity contribution in [3.63, 3.8) is 0 Å². The fraction of sp³-hybridized carbons (Fsp3) is 0.364. The molecule has 1 atom stereocenters. The minimum absolute atomic E-state index is 0.0946. The van der Waals surface area contributed by atoms with E-state index in [9.17, 15) is 9.59 Å². The first-order valence-electron chi connectivity index (χ1n) is 9.37. The van der Waals surface area contributed by atoms with Gasteiger partial charge in [0.15, 0.2) is 6.10 Å². The van der Waals surface area contributed by atoms with Crippen LogP contribution in [0.5, 0.6) is 11.5 Å². The molecular formula is C22H26N2O4. The molecule has 0 aliphatic carbocycles. The highest BCUT2D eigenvalue weighted by Gasteiger charge is 2.32. The summed E-state index contributed by atoms with van der Waals surface area (Å²) in [7, 11) is 0. The number of carbonyl (C=O) groups excluding carboxylic acids is 2. The maximum atomic E-state index is 12.7. The minimum Gasteiger partial charge on any atom is -0.492 e. The topological polar surface area (TPSA) is 67.9 Å². The standard InChI is InChI=1S/C22H26N2O4/c1-15-20(25)24(12-13-27-17-8-6-5-7-9-17)18-14-16(10-11-19(18)28-15)23-21(26)22(2,3)4/h5-11,14-15H,12-13H2,1-4H3,(H,23,26). The smallest absolute Gasteiger partial charge is 0.267 e. The van der Waals surface area contributed by atoms with Crippen LogP contribution in [0.3, 0.4) is 0 Å². The first-order chi connectivity index (χ1) is 13.3. The molecule has 0 saturated heterocycles. The van der Waals surface area contributed by atoms with Crippen LogP contribution in [0.4, 0.5) is 11.4 Å². The Kier molecular flexibility index (Phi) is 5.58. The summed E-state index contributed by atoms with van der Waals surface area (Å²) < 4.78 is 11.5. The number of anilines is 2. The number of hydrogen-bond donors (Lipinski definition) is 1. The van der Waals surface area contributed by atoms with Gasteiger partial charge in [-0.2, -0.15) is 0 Å². The van der Waals surface area contributed by atoms with Crippen LogP contribution in [0.25, 0.3) is 0 Å². The van der Waals surface area contributed by atoms with E-state index in [0.29, 0.717) is 30.3 Å². The lowest BCUT2D eigenvalue weighted by atomic mass is 9.95. The maximum absolute atomic E-state index is 12.7. The summed E-state index contributed by atoms with van der Waals surface area (Å²) in [5.41, 5.74) is 0.741. The molecule has 2 aromatic rings. The normalized spacial score (nSPS) is 16.2. The molecule has 2 aromatic carbocycles. The van der Waals surface area contributed by atoms with Crippen LogP contribution in [0.15, 0.2) is 48.5 Å². The molecule has 1 N–H and O–H groups in total. The molecule has 1 aliphatic rings. The Morgan fingerprint density at radius 1 is 1.18 bits per heavy atom. The van der Waals surface area contributed by atoms with Gasteiger partial charge in [-0.15, -0.1) is 0 Å². The molecule has 1 unspecified atom stereocenters. The minimum atomic E-state index is -0.570. The van der Waals surface area contributed by atoms with Gasteiger partial charge in [-0.25, -0.2) is 0 Å². The molecule has 0 radical (unpaired) electrons. The van der Waals surface area contributed by atoms with Crippen molar-refractivity contribution >= 4 is 23.2 Å². The fourth-order valence-corrected chi connectivity index (χ4v) is 2.81. The van der Waals surface area contributed by atoms with Crippen LogP contribution in [0.2, 0.25) is 0 Å². The molecule has 2 amide bonds. The van der Waals surface area contributed by atoms with E-state index in [1.807, 2.05) is 51.1 Å². The van der Waals surface area contributed by atoms with Gasteiger partial charge in [0.1, 0.15) is 18.1 Å². The number of rotatable bonds is 5. The molecular weight excluding hydrogens is 356 g/mol. The van der Waals surface area contributed by atoms with E-state index >= 15 is 0 Å². The molecule has 28 heavy (non-hydrogen) atoms. The van der Waals surface area contributed by atoms with E-state index in [4.69, 9.17) is 9.47 Å². The first kappa shape index (κ1) is 19.7. The number of hydrogen-bond acceptors (Lipinski definition) is 4. The van der Waals surface area contributed by atoms with Crippen LogP contribution >= 0.6 is 0 Å². The second-order valence-electron chi connectivity index (χ2n) is 7.80. The molecule has 148 valence electrons. The van der Waals surface area contributed by atoms with Crippen molar-refractivity contribution in [1.29, 1.82) is 0 Å². The lowest BCUT2D eigenvalue weighted by Gasteiger charge is -2.33. The van der Waals surface area contributed by atoms with Gasteiger partial charge in [-0.05, 0) is 37.3 Å². The van der Waals surface area contributed by atoms with Crippen molar-refractivity contribution in [1.82, 2.24) is 0 Å². The Labute approximate surface area is 165 Å². The SMILES string of the molecule is CC1Oc2ccc(NC(=O)C(C)(C)C)cc2N(CCOc2ccccc2)C1=O. The third-order valence-corrected chi connectivity index (χ3v) is 4.43. The van der Waals surface area contributed by atoms with Gasteiger partial charge in [0.05, 0.1) is 12.2 Å². The van der Waals surface area contributed by atoms with Gasteiger partial charge in [0.25, 0.3) is 5.91 Å². The summed E-state index contributed by atoms with van der Waals surface area (Å²) in [5.74, 6) is 1.13. The summed E-state index contributed by atoms with van der Waals surface area (Å²) in [6, 6.07) is 14.8. The van der Waals surface area contributed by atoms with E-state index < -0.39 is 11.5 Å². The zero-order valence-corrected chi connectivity index (χ0v) is 16.7. The average Bonchev–Trinajstić information content (AvgIpc) is 2.65. The van der Waals surface area contributed by atoms with Crippen molar-refractivity contribution in [2.24, 2.45) is 5.41 Å². The van der Waals surface area contributed by atoms with Gasteiger partial charge < -0.3 is 19.7 Å². The van der Waals surface area contributed by atoms with Gasteiger partial charge >= 0.3 is 0 Å². The number of carbonyl (C=O) groups is 2. The predicted molar refractivity (Wildman–Crippen MR) is 109 cm³/mol. The molecule has 0 aromatic heterocycles. The largest absolute Gasteiger partial charge is 0.492 e. The van der Waals surface area contributed by atoms with Crippen LogP contribution in [-0.2, 0) is 9.59 Å². The highest BCUT2D eigenvalue weighted by molar-refractivity contribution is 6.01. The number of ether oxygens (including phenoxy) is 2. The van der Waals surface area contributed by atoms with Crippen molar-refractivity contribution in [3.8, 4) is 11.5 Å². The number of para-hydroxylation sites is 1.